The van der Waals surface area contributed by atoms with Crippen molar-refractivity contribution in [2.45, 2.75) is 39.3 Å². The van der Waals surface area contributed by atoms with Crippen molar-refractivity contribution in [3.05, 3.63) is 65.4 Å². The topological polar surface area (TPSA) is 60.0 Å². The second kappa shape index (κ2) is 10.5. The van der Waals surface area contributed by atoms with Gasteiger partial charge in [-0.15, -0.1) is 0 Å². The highest BCUT2D eigenvalue weighted by molar-refractivity contribution is 5.47. The van der Waals surface area contributed by atoms with Crippen LogP contribution in [-0.2, 0) is 19.5 Å². The van der Waals surface area contributed by atoms with Crippen molar-refractivity contribution < 1.29 is 14.2 Å². The van der Waals surface area contributed by atoms with Gasteiger partial charge in [-0.3, -0.25) is 4.90 Å². The minimum absolute atomic E-state index is 0.632. The fraction of sp³-hybridized carbons (Fsp3) is 0.429. The molecule has 0 radical (unpaired) electrons. The molecule has 35 heavy (non-hydrogen) atoms. The molecule has 0 atom stereocenters. The van der Waals surface area contributed by atoms with Crippen molar-refractivity contribution in [3.63, 3.8) is 0 Å². The highest BCUT2D eigenvalue weighted by Gasteiger charge is 2.27. The molecule has 0 aliphatic carbocycles. The number of aromatic nitrogens is 2. The molecule has 0 N–H and O–H groups in total. The second-order valence-corrected chi connectivity index (χ2v) is 9.49. The van der Waals surface area contributed by atoms with E-state index in [2.05, 4.69) is 28.9 Å². The van der Waals surface area contributed by atoms with Gasteiger partial charge in [0.05, 0.1) is 25.5 Å². The molecular formula is C28H34N4O3. The standard InChI is InChI=1S/C28H34N4O3/c1-20-12-16-32(17-13-20)28-29-24-14-15-31(18-21-8-10-22(33-2)11-9-21)19-23(24)27(30-28)35-26-7-5-4-6-25(26)34-3/h4-11,20H,12-19H2,1-3H3. The molecule has 2 aliphatic heterocycles. The molecule has 7 nitrogen and oxygen atoms in total. The first-order valence-electron chi connectivity index (χ1n) is 12.4. The van der Waals surface area contributed by atoms with E-state index in [4.69, 9.17) is 24.2 Å². The Hall–Kier alpha value is -3.32. The van der Waals surface area contributed by atoms with E-state index in [-0.39, 0.29) is 0 Å². The molecule has 1 saturated heterocycles. The summed E-state index contributed by atoms with van der Waals surface area (Å²) < 4.78 is 17.3. The van der Waals surface area contributed by atoms with Crippen molar-refractivity contribution in [1.82, 2.24) is 14.9 Å². The van der Waals surface area contributed by atoms with Crippen molar-refractivity contribution in [1.29, 1.82) is 0 Å². The fourth-order valence-electron chi connectivity index (χ4n) is 4.79. The Morgan fingerprint density at radius 2 is 1.63 bits per heavy atom. The molecule has 0 bridgehead atoms. The summed E-state index contributed by atoms with van der Waals surface area (Å²) in [6, 6.07) is 16.0. The summed E-state index contributed by atoms with van der Waals surface area (Å²) in [4.78, 5) is 14.7. The predicted molar refractivity (Wildman–Crippen MR) is 137 cm³/mol. The van der Waals surface area contributed by atoms with Crippen LogP contribution in [0.5, 0.6) is 23.1 Å². The molecule has 0 unspecified atom stereocenters. The highest BCUT2D eigenvalue weighted by atomic mass is 16.5. The largest absolute Gasteiger partial charge is 0.497 e. The smallest absolute Gasteiger partial charge is 0.229 e. The van der Waals surface area contributed by atoms with Gasteiger partial charge in [0.2, 0.25) is 11.8 Å². The Morgan fingerprint density at radius 1 is 0.886 bits per heavy atom. The normalized spacial score (nSPS) is 16.6. The summed E-state index contributed by atoms with van der Waals surface area (Å²) in [5.74, 6) is 4.40. The summed E-state index contributed by atoms with van der Waals surface area (Å²) in [6.45, 7) is 6.82. The maximum absolute atomic E-state index is 6.43. The van der Waals surface area contributed by atoms with E-state index in [0.717, 1.165) is 68.0 Å². The van der Waals surface area contributed by atoms with Crippen LogP contribution in [0.1, 0.15) is 36.6 Å². The molecule has 2 aliphatic rings. The Labute approximate surface area is 207 Å². The molecule has 3 heterocycles. The van der Waals surface area contributed by atoms with Crippen molar-refractivity contribution in [3.8, 4) is 23.1 Å². The number of para-hydroxylation sites is 2. The number of ether oxygens (including phenoxy) is 3. The SMILES string of the molecule is COc1ccc(CN2CCc3nc(N4CCC(C)CC4)nc(Oc4ccccc4OC)c3C2)cc1. The van der Waals surface area contributed by atoms with E-state index >= 15 is 0 Å². The van der Waals surface area contributed by atoms with Crippen molar-refractivity contribution in [2.24, 2.45) is 5.92 Å². The third-order valence-corrected chi connectivity index (χ3v) is 7.00. The van der Waals surface area contributed by atoms with E-state index in [1.807, 2.05) is 36.4 Å². The average Bonchev–Trinajstić information content (AvgIpc) is 2.90. The quantitative estimate of drug-likeness (QED) is 0.473. The van der Waals surface area contributed by atoms with Crippen LogP contribution in [0.25, 0.3) is 0 Å². The number of hydrogen-bond acceptors (Lipinski definition) is 7. The number of benzene rings is 2. The number of piperidine rings is 1. The first-order valence-corrected chi connectivity index (χ1v) is 12.4. The lowest BCUT2D eigenvalue weighted by Crippen LogP contribution is -2.36. The summed E-state index contributed by atoms with van der Waals surface area (Å²) in [6.07, 6.45) is 3.20. The van der Waals surface area contributed by atoms with Gasteiger partial charge in [0.15, 0.2) is 11.5 Å². The van der Waals surface area contributed by atoms with E-state index in [0.29, 0.717) is 17.4 Å². The lowest BCUT2D eigenvalue weighted by Gasteiger charge is -2.33. The van der Waals surface area contributed by atoms with Gasteiger partial charge >= 0.3 is 0 Å². The number of hydrogen-bond donors (Lipinski definition) is 0. The molecule has 7 heteroatoms. The average molecular weight is 475 g/mol. The minimum atomic E-state index is 0.632. The molecule has 0 spiro atoms. The molecule has 3 aromatic rings. The van der Waals surface area contributed by atoms with Crippen molar-refractivity contribution >= 4 is 5.95 Å². The third-order valence-electron chi connectivity index (χ3n) is 7.00. The molecule has 184 valence electrons. The Kier molecular flexibility index (Phi) is 7.04. The van der Waals surface area contributed by atoms with Crippen LogP contribution in [0.15, 0.2) is 48.5 Å². The second-order valence-electron chi connectivity index (χ2n) is 9.49. The van der Waals surface area contributed by atoms with Crippen molar-refractivity contribution in [2.75, 3.05) is 38.8 Å². The third kappa shape index (κ3) is 5.35. The first kappa shape index (κ1) is 23.4. The molecule has 5 rings (SSSR count). The van der Waals surface area contributed by atoms with Gasteiger partial charge in [0, 0.05) is 39.1 Å². The molecule has 0 saturated carbocycles. The van der Waals surface area contributed by atoms with Gasteiger partial charge in [-0.2, -0.15) is 4.98 Å². The van der Waals surface area contributed by atoms with E-state index in [1.54, 1.807) is 14.2 Å². The van der Waals surface area contributed by atoms with Gasteiger partial charge in [0.25, 0.3) is 0 Å². The van der Waals surface area contributed by atoms with Crippen LogP contribution >= 0.6 is 0 Å². The number of fused-ring (bicyclic) bond motifs is 1. The fourth-order valence-corrected chi connectivity index (χ4v) is 4.79. The molecular weight excluding hydrogens is 440 g/mol. The number of anilines is 1. The van der Waals surface area contributed by atoms with E-state index < -0.39 is 0 Å². The Bertz CT molecular complexity index is 1140. The first-order chi connectivity index (χ1) is 17.1. The Morgan fingerprint density at radius 3 is 2.34 bits per heavy atom. The van der Waals surface area contributed by atoms with Crippen LogP contribution < -0.4 is 19.1 Å². The zero-order valence-electron chi connectivity index (χ0n) is 20.9. The van der Waals surface area contributed by atoms with Crippen LogP contribution in [0, 0.1) is 5.92 Å². The monoisotopic (exact) mass is 474 g/mol. The maximum atomic E-state index is 6.43. The number of methoxy groups -OCH3 is 2. The molecule has 1 aromatic heterocycles. The van der Waals surface area contributed by atoms with Crippen LogP contribution in [-0.4, -0.2) is 48.7 Å². The summed E-state index contributed by atoms with van der Waals surface area (Å²) in [5, 5.41) is 0. The molecule has 1 fully saturated rings. The summed E-state index contributed by atoms with van der Waals surface area (Å²) in [7, 11) is 3.35. The van der Waals surface area contributed by atoms with Gasteiger partial charge < -0.3 is 19.1 Å². The van der Waals surface area contributed by atoms with Gasteiger partial charge in [-0.1, -0.05) is 31.2 Å². The number of rotatable bonds is 7. The van der Waals surface area contributed by atoms with Crippen LogP contribution in [0.2, 0.25) is 0 Å². The van der Waals surface area contributed by atoms with E-state index in [9.17, 15) is 0 Å². The minimum Gasteiger partial charge on any atom is -0.497 e. The van der Waals surface area contributed by atoms with Gasteiger partial charge in [0.1, 0.15) is 5.75 Å². The lowest BCUT2D eigenvalue weighted by atomic mass is 9.99. The zero-order chi connectivity index (χ0) is 24.2. The highest BCUT2D eigenvalue weighted by Crippen LogP contribution is 2.36. The summed E-state index contributed by atoms with van der Waals surface area (Å²) >= 11 is 0. The summed E-state index contributed by atoms with van der Waals surface area (Å²) in [5.41, 5.74) is 3.40. The number of nitrogens with zero attached hydrogens (tertiary/aromatic N) is 4. The van der Waals surface area contributed by atoms with Crippen LogP contribution in [0.4, 0.5) is 5.95 Å². The lowest BCUT2D eigenvalue weighted by molar-refractivity contribution is 0.237. The maximum Gasteiger partial charge on any atom is 0.229 e. The van der Waals surface area contributed by atoms with Crippen LogP contribution in [0.3, 0.4) is 0 Å². The van der Waals surface area contributed by atoms with Gasteiger partial charge in [-0.05, 0) is 48.6 Å². The Balaban J connectivity index is 1.44. The predicted octanol–water partition coefficient (Wildman–Crippen LogP) is 5.08. The van der Waals surface area contributed by atoms with E-state index in [1.165, 1.54) is 18.4 Å². The molecule has 0 amide bonds. The molecule has 2 aromatic carbocycles. The van der Waals surface area contributed by atoms with Gasteiger partial charge in [-0.25, -0.2) is 4.98 Å². The zero-order valence-corrected chi connectivity index (χ0v) is 20.9.